The summed E-state index contributed by atoms with van der Waals surface area (Å²) in [5.74, 6) is 0.640. The minimum absolute atomic E-state index is 0.640. The normalized spacial score (nSPS) is 18.7. The lowest BCUT2D eigenvalue weighted by molar-refractivity contribution is 0.317. The highest BCUT2D eigenvalue weighted by Gasteiger charge is 2.21. The van der Waals surface area contributed by atoms with Gasteiger partial charge < -0.3 is 5.73 Å². The predicted molar refractivity (Wildman–Crippen MR) is 90.9 cm³/mol. The predicted octanol–water partition coefficient (Wildman–Crippen LogP) is 2.18. The Morgan fingerprint density at radius 3 is 2.83 bits per heavy atom. The van der Waals surface area contributed by atoms with Gasteiger partial charge in [-0.15, -0.1) is 0 Å². The molecule has 2 aromatic heterocycles. The van der Waals surface area contributed by atoms with Crippen LogP contribution >= 0.6 is 0 Å². The Bertz CT molecular complexity index is 796. The Morgan fingerprint density at radius 2 is 2.04 bits per heavy atom. The van der Waals surface area contributed by atoms with Crippen LogP contribution in [0.5, 0.6) is 0 Å². The van der Waals surface area contributed by atoms with Gasteiger partial charge >= 0.3 is 0 Å². The Hall–Kier alpha value is -2.24. The van der Waals surface area contributed by atoms with Crippen LogP contribution in [0.15, 0.2) is 48.9 Å². The van der Waals surface area contributed by atoms with E-state index in [0.29, 0.717) is 5.92 Å². The Kier molecular flexibility index (Phi) is 3.81. The van der Waals surface area contributed by atoms with Crippen molar-refractivity contribution in [3.63, 3.8) is 0 Å². The van der Waals surface area contributed by atoms with Crippen LogP contribution < -0.4 is 5.73 Å². The van der Waals surface area contributed by atoms with E-state index in [1.54, 1.807) is 0 Å². The molecule has 1 aliphatic rings. The van der Waals surface area contributed by atoms with Crippen molar-refractivity contribution in [1.29, 1.82) is 0 Å². The smallest absolute Gasteiger partial charge is 0.162 e. The van der Waals surface area contributed by atoms with E-state index in [9.17, 15) is 0 Å². The maximum absolute atomic E-state index is 5.77. The van der Waals surface area contributed by atoms with Gasteiger partial charge in [0, 0.05) is 36.6 Å². The number of rotatable bonds is 4. The Balaban J connectivity index is 1.58. The summed E-state index contributed by atoms with van der Waals surface area (Å²) in [5.41, 5.74) is 10.1. The van der Waals surface area contributed by atoms with E-state index >= 15 is 0 Å². The van der Waals surface area contributed by atoms with Crippen LogP contribution in [0.25, 0.3) is 16.8 Å². The zero-order chi connectivity index (χ0) is 15.6. The summed E-state index contributed by atoms with van der Waals surface area (Å²) < 4.78 is 1.88. The minimum Gasteiger partial charge on any atom is -0.330 e. The van der Waals surface area contributed by atoms with E-state index in [2.05, 4.69) is 33.3 Å². The Morgan fingerprint density at radius 1 is 1.17 bits per heavy atom. The second-order valence-corrected chi connectivity index (χ2v) is 6.28. The molecule has 1 fully saturated rings. The number of hydrogen-bond acceptors (Lipinski definition) is 4. The van der Waals surface area contributed by atoms with E-state index < -0.39 is 0 Å². The SMILES string of the molecule is NC[C@@H]1CCN(Cc2cnc3c(-c4ccccc4)cnn3c2)C1. The molecule has 5 nitrogen and oxygen atoms in total. The van der Waals surface area contributed by atoms with E-state index in [1.807, 2.05) is 35.1 Å². The molecule has 0 bridgehead atoms. The van der Waals surface area contributed by atoms with Crippen LogP contribution in [0, 0.1) is 5.92 Å². The van der Waals surface area contributed by atoms with Crippen molar-refractivity contribution >= 4 is 5.65 Å². The second-order valence-electron chi connectivity index (χ2n) is 6.28. The molecule has 3 heterocycles. The van der Waals surface area contributed by atoms with Gasteiger partial charge in [0.05, 0.1) is 6.20 Å². The lowest BCUT2D eigenvalue weighted by Crippen LogP contribution is -2.23. The molecule has 1 aliphatic heterocycles. The van der Waals surface area contributed by atoms with Crippen molar-refractivity contribution in [2.45, 2.75) is 13.0 Å². The van der Waals surface area contributed by atoms with E-state index in [0.717, 1.165) is 43.0 Å². The zero-order valence-corrected chi connectivity index (χ0v) is 13.1. The fourth-order valence-electron chi connectivity index (χ4n) is 3.32. The molecule has 1 atom stereocenters. The highest BCUT2D eigenvalue weighted by Crippen LogP contribution is 2.23. The monoisotopic (exact) mass is 307 g/mol. The third kappa shape index (κ3) is 2.85. The van der Waals surface area contributed by atoms with Gasteiger partial charge in [0.1, 0.15) is 0 Å². The minimum atomic E-state index is 0.640. The van der Waals surface area contributed by atoms with E-state index in [-0.39, 0.29) is 0 Å². The first-order chi connectivity index (χ1) is 11.3. The van der Waals surface area contributed by atoms with Crippen LogP contribution in [0.2, 0.25) is 0 Å². The van der Waals surface area contributed by atoms with Gasteiger partial charge in [0.15, 0.2) is 5.65 Å². The summed E-state index contributed by atoms with van der Waals surface area (Å²) in [6.45, 7) is 3.91. The van der Waals surface area contributed by atoms with Crippen molar-refractivity contribution < 1.29 is 0 Å². The molecule has 23 heavy (non-hydrogen) atoms. The van der Waals surface area contributed by atoms with Crippen molar-refractivity contribution in [1.82, 2.24) is 19.5 Å². The largest absolute Gasteiger partial charge is 0.330 e. The standard InChI is InChI=1S/C18H21N5/c19-8-14-6-7-22(11-14)12-15-9-20-18-17(10-21-23(18)13-15)16-4-2-1-3-5-16/h1-5,9-10,13-14H,6-8,11-12,19H2/t14-/m0/s1. The number of aromatic nitrogens is 3. The second kappa shape index (κ2) is 6.10. The summed E-state index contributed by atoms with van der Waals surface area (Å²) in [6.07, 6.45) is 7.15. The van der Waals surface area contributed by atoms with Crippen molar-refractivity contribution in [2.24, 2.45) is 11.7 Å². The first kappa shape index (κ1) is 14.4. The highest BCUT2D eigenvalue weighted by molar-refractivity contribution is 5.76. The number of likely N-dealkylation sites (tertiary alicyclic amines) is 1. The summed E-state index contributed by atoms with van der Waals surface area (Å²) in [4.78, 5) is 7.09. The summed E-state index contributed by atoms with van der Waals surface area (Å²) in [6, 6.07) is 10.3. The molecule has 0 radical (unpaired) electrons. The van der Waals surface area contributed by atoms with Crippen LogP contribution in [-0.2, 0) is 6.54 Å². The zero-order valence-electron chi connectivity index (χ0n) is 13.1. The summed E-state index contributed by atoms with van der Waals surface area (Å²) >= 11 is 0. The molecule has 0 aliphatic carbocycles. The molecule has 0 amide bonds. The number of nitrogens with two attached hydrogens (primary N) is 1. The molecule has 5 heteroatoms. The lowest BCUT2D eigenvalue weighted by atomic mass is 10.1. The molecule has 4 rings (SSSR count). The van der Waals surface area contributed by atoms with Gasteiger partial charge in [-0.3, -0.25) is 4.90 Å². The van der Waals surface area contributed by atoms with Crippen LogP contribution in [0.4, 0.5) is 0 Å². The highest BCUT2D eigenvalue weighted by atomic mass is 15.2. The first-order valence-electron chi connectivity index (χ1n) is 8.13. The third-order valence-corrected chi connectivity index (χ3v) is 4.60. The first-order valence-corrected chi connectivity index (χ1v) is 8.13. The van der Waals surface area contributed by atoms with E-state index in [1.165, 1.54) is 12.0 Å². The average Bonchev–Trinajstić information content (AvgIpc) is 3.22. The molecular formula is C18H21N5. The third-order valence-electron chi connectivity index (χ3n) is 4.60. The molecule has 1 aromatic carbocycles. The van der Waals surface area contributed by atoms with Crippen LogP contribution in [0.3, 0.4) is 0 Å². The maximum atomic E-state index is 5.77. The average molecular weight is 307 g/mol. The van der Waals surface area contributed by atoms with Crippen molar-refractivity contribution in [3.8, 4) is 11.1 Å². The van der Waals surface area contributed by atoms with Crippen LogP contribution in [0.1, 0.15) is 12.0 Å². The lowest BCUT2D eigenvalue weighted by Gasteiger charge is -2.15. The van der Waals surface area contributed by atoms with Crippen molar-refractivity contribution in [2.75, 3.05) is 19.6 Å². The molecule has 0 spiro atoms. The fourth-order valence-corrected chi connectivity index (χ4v) is 3.32. The topological polar surface area (TPSA) is 59.5 Å². The van der Waals surface area contributed by atoms with Crippen molar-refractivity contribution in [3.05, 3.63) is 54.5 Å². The van der Waals surface area contributed by atoms with Gasteiger partial charge in [-0.2, -0.15) is 5.10 Å². The molecule has 1 saturated heterocycles. The number of nitrogens with zero attached hydrogens (tertiary/aromatic N) is 4. The Labute approximate surface area is 135 Å². The number of benzene rings is 1. The van der Waals surface area contributed by atoms with Gasteiger partial charge in [-0.1, -0.05) is 30.3 Å². The molecule has 118 valence electrons. The molecule has 2 N–H and O–H groups in total. The van der Waals surface area contributed by atoms with E-state index in [4.69, 9.17) is 5.73 Å². The maximum Gasteiger partial charge on any atom is 0.162 e. The number of fused-ring (bicyclic) bond motifs is 1. The molecule has 3 aromatic rings. The molecule has 0 saturated carbocycles. The summed E-state index contributed by atoms with van der Waals surface area (Å²) in [5, 5.41) is 4.48. The fraction of sp³-hybridized carbons (Fsp3) is 0.333. The van der Waals surface area contributed by atoms with Gasteiger partial charge in [-0.25, -0.2) is 9.50 Å². The van der Waals surface area contributed by atoms with Gasteiger partial charge in [-0.05, 0) is 31.0 Å². The molecular weight excluding hydrogens is 286 g/mol. The molecule has 0 unspecified atom stereocenters. The number of hydrogen-bond donors (Lipinski definition) is 1. The summed E-state index contributed by atoms with van der Waals surface area (Å²) in [7, 11) is 0. The van der Waals surface area contributed by atoms with Crippen LogP contribution in [-0.4, -0.2) is 39.1 Å². The quantitative estimate of drug-likeness (QED) is 0.802. The van der Waals surface area contributed by atoms with Gasteiger partial charge in [0.2, 0.25) is 0 Å². The van der Waals surface area contributed by atoms with Gasteiger partial charge in [0.25, 0.3) is 0 Å².